The summed E-state index contributed by atoms with van der Waals surface area (Å²) in [7, 11) is 5.60. The van der Waals surface area contributed by atoms with Gasteiger partial charge in [0.25, 0.3) is 0 Å². The summed E-state index contributed by atoms with van der Waals surface area (Å²) in [6.07, 6.45) is 6.82. The molecule has 1 amide bonds. The normalized spacial score (nSPS) is 16.8. The summed E-state index contributed by atoms with van der Waals surface area (Å²) >= 11 is 0. The highest BCUT2D eigenvalue weighted by Crippen LogP contribution is 2.35. The van der Waals surface area contributed by atoms with Gasteiger partial charge in [0.1, 0.15) is 23.6 Å². The van der Waals surface area contributed by atoms with Crippen molar-refractivity contribution in [2.24, 2.45) is 0 Å². The van der Waals surface area contributed by atoms with Gasteiger partial charge in [0.05, 0.1) is 18.5 Å². The monoisotopic (exact) mass is 449 g/mol. The van der Waals surface area contributed by atoms with E-state index in [-0.39, 0.29) is 11.9 Å². The van der Waals surface area contributed by atoms with Crippen molar-refractivity contribution < 1.29 is 9.53 Å². The molecule has 1 aromatic carbocycles. The van der Waals surface area contributed by atoms with Gasteiger partial charge in [-0.05, 0) is 45.5 Å². The Kier molecular flexibility index (Phi) is 6.60. The number of hydrogen-bond donors (Lipinski definition) is 1. The third-order valence-corrected chi connectivity index (χ3v) is 5.98. The number of ether oxygens (including phenoxy) is 1. The van der Waals surface area contributed by atoms with Crippen LogP contribution in [-0.2, 0) is 4.79 Å². The second-order valence-electron chi connectivity index (χ2n) is 8.68. The molecule has 0 aliphatic carbocycles. The van der Waals surface area contributed by atoms with Crippen molar-refractivity contribution >= 4 is 22.8 Å². The van der Waals surface area contributed by atoms with Crippen LogP contribution in [0.4, 0.5) is 5.82 Å². The minimum absolute atomic E-state index is 0.00263. The predicted octanol–water partition coefficient (Wildman–Crippen LogP) is 2.67. The van der Waals surface area contributed by atoms with Gasteiger partial charge in [0, 0.05) is 31.3 Å². The number of aryl methyl sites for hydroxylation is 1. The third kappa shape index (κ3) is 4.68. The van der Waals surface area contributed by atoms with Crippen molar-refractivity contribution in [2.45, 2.75) is 25.8 Å². The second-order valence-corrected chi connectivity index (χ2v) is 8.68. The summed E-state index contributed by atoms with van der Waals surface area (Å²) in [5.74, 6) is 1.19. The maximum absolute atomic E-state index is 12.7. The smallest absolute Gasteiger partial charge is 0.246 e. The fourth-order valence-electron chi connectivity index (χ4n) is 4.24. The highest BCUT2D eigenvalue weighted by Gasteiger charge is 2.28. The van der Waals surface area contributed by atoms with E-state index in [0.29, 0.717) is 18.0 Å². The molecule has 3 aromatic rings. The van der Waals surface area contributed by atoms with Gasteiger partial charge < -0.3 is 20.3 Å². The molecule has 1 atom stereocenters. The van der Waals surface area contributed by atoms with E-state index in [9.17, 15) is 4.79 Å². The predicted molar refractivity (Wildman–Crippen MR) is 129 cm³/mol. The average molecular weight is 450 g/mol. The number of benzene rings is 1. The molecular weight excluding hydrogens is 418 g/mol. The Labute approximate surface area is 193 Å². The van der Waals surface area contributed by atoms with E-state index in [1.54, 1.807) is 13.2 Å². The van der Waals surface area contributed by atoms with Crippen LogP contribution in [0.2, 0.25) is 0 Å². The topological polar surface area (TPSA) is 102 Å². The third-order valence-electron chi connectivity index (χ3n) is 5.98. The lowest BCUT2D eigenvalue weighted by molar-refractivity contribution is -0.127. The van der Waals surface area contributed by atoms with Crippen molar-refractivity contribution in [1.29, 1.82) is 0 Å². The molecule has 4 rings (SSSR count). The SMILES string of the molecule is COc1cc(-c2nn(C3CCCN(C(=O)/C=C/CN(C)C)C3)c3ncnc(N)c23)ccc1C. The van der Waals surface area contributed by atoms with Crippen LogP contribution >= 0.6 is 0 Å². The molecule has 33 heavy (non-hydrogen) atoms. The number of aromatic nitrogens is 4. The summed E-state index contributed by atoms with van der Waals surface area (Å²) in [4.78, 5) is 25.4. The van der Waals surface area contributed by atoms with Crippen LogP contribution in [0.1, 0.15) is 24.4 Å². The summed E-state index contributed by atoms with van der Waals surface area (Å²) in [5, 5.41) is 5.66. The molecule has 9 nitrogen and oxygen atoms in total. The molecular formula is C24H31N7O2. The Balaban J connectivity index is 1.69. The van der Waals surface area contributed by atoms with Crippen LogP contribution in [0.5, 0.6) is 5.75 Å². The number of carbonyl (C=O) groups excluding carboxylic acids is 1. The van der Waals surface area contributed by atoms with Gasteiger partial charge in [-0.1, -0.05) is 18.2 Å². The molecule has 0 bridgehead atoms. The number of likely N-dealkylation sites (tertiary alicyclic amines) is 1. The number of methoxy groups -OCH3 is 1. The van der Waals surface area contributed by atoms with Crippen molar-refractivity contribution in [3.63, 3.8) is 0 Å². The zero-order valence-corrected chi connectivity index (χ0v) is 19.7. The largest absolute Gasteiger partial charge is 0.496 e. The van der Waals surface area contributed by atoms with Crippen molar-refractivity contribution in [3.05, 3.63) is 42.2 Å². The summed E-state index contributed by atoms with van der Waals surface area (Å²) in [6.45, 7) is 4.03. The summed E-state index contributed by atoms with van der Waals surface area (Å²) in [5.41, 5.74) is 9.60. The Morgan fingerprint density at radius 2 is 2.15 bits per heavy atom. The van der Waals surface area contributed by atoms with E-state index in [2.05, 4.69) is 9.97 Å². The molecule has 9 heteroatoms. The van der Waals surface area contributed by atoms with Gasteiger partial charge in [-0.3, -0.25) is 4.79 Å². The maximum atomic E-state index is 12.7. The first-order valence-electron chi connectivity index (χ1n) is 11.1. The number of carbonyl (C=O) groups is 1. The van der Waals surface area contributed by atoms with Crippen LogP contribution in [0.25, 0.3) is 22.3 Å². The number of piperidine rings is 1. The molecule has 2 N–H and O–H groups in total. The van der Waals surface area contributed by atoms with Gasteiger partial charge in [-0.25, -0.2) is 14.6 Å². The lowest BCUT2D eigenvalue weighted by Gasteiger charge is -2.32. The summed E-state index contributed by atoms with van der Waals surface area (Å²) < 4.78 is 7.42. The molecule has 1 aliphatic rings. The standard InChI is InChI=1S/C24H31N7O2/c1-16-9-10-17(13-19(16)33-4)22-21-23(25)26-15-27-24(21)31(28-22)18-7-5-12-30(14-18)20(32)8-6-11-29(2)3/h6,8-10,13,15,18H,5,7,11-12,14H2,1-4H3,(H2,25,26,27)/b8-6+. The first kappa shape index (κ1) is 22.7. The maximum Gasteiger partial charge on any atom is 0.246 e. The van der Waals surface area contributed by atoms with E-state index < -0.39 is 0 Å². The number of anilines is 1. The number of fused-ring (bicyclic) bond motifs is 1. The molecule has 1 unspecified atom stereocenters. The second kappa shape index (κ2) is 9.58. The zero-order valence-electron chi connectivity index (χ0n) is 19.7. The molecule has 1 fully saturated rings. The fraction of sp³-hybridized carbons (Fsp3) is 0.417. The Bertz CT molecular complexity index is 1190. The first-order chi connectivity index (χ1) is 15.9. The van der Waals surface area contributed by atoms with E-state index in [4.69, 9.17) is 15.6 Å². The van der Waals surface area contributed by atoms with Gasteiger partial charge in [0.15, 0.2) is 5.65 Å². The first-order valence-corrected chi connectivity index (χ1v) is 11.1. The van der Waals surface area contributed by atoms with Crippen molar-refractivity contribution in [3.8, 4) is 17.0 Å². The highest BCUT2D eigenvalue weighted by atomic mass is 16.5. The van der Waals surface area contributed by atoms with Crippen LogP contribution in [0.15, 0.2) is 36.7 Å². The number of hydrogen-bond acceptors (Lipinski definition) is 7. The van der Waals surface area contributed by atoms with Crippen LogP contribution < -0.4 is 10.5 Å². The van der Waals surface area contributed by atoms with Gasteiger partial charge >= 0.3 is 0 Å². The van der Waals surface area contributed by atoms with Crippen LogP contribution in [0.3, 0.4) is 0 Å². The molecule has 1 saturated heterocycles. The Hall–Kier alpha value is -3.46. The lowest BCUT2D eigenvalue weighted by atomic mass is 10.1. The van der Waals surface area contributed by atoms with E-state index >= 15 is 0 Å². The van der Waals surface area contributed by atoms with E-state index in [1.165, 1.54) is 6.33 Å². The van der Waals surface area contributed by atoms with E-state index in [1.807, 2.05) is 59.8 Å². The van der Waals surface area contributed by atoms with Gasteiger partial charge in [0.2, 0.25) is 5.91 Å². The number of nitrogen functional groups attached to an aromatic ring is 1. The molecule has 1 aliphatic heterocycles. The molecule has 0 saturated carbocycles. The average Bonchev–Trinajstić information content (AvgIpc) is 3.20. The van der Waals surface area contributed by atoms with Gasteiger partial charge in [-0.2, -0.15) is 5.10 Å². The van der Waals surface area contributed by atoms with E-state index in [0.717, 1.165) is 53.9 Å². The number of nitrogens with zero attached hydrogens (tertiary/aromatic N) is 6. The molecule has 0 spiro atoms. The minimum Gasteiger partial charge on any atom is -0.496 e. The number of rotatable bonds is 6. The molecule has 2 aromatic heterocycles. The lowest BCUT2D eigenvalue weighted by Crippen LogP contribution is -2.40. The molecule has 174 valence electrons. The van der Waals surface area contributed by atoms with Gasteiger partial charge in [-0.15, -0.1) is 0 Å². The fourth-order valence-corrected chi connectivity index (χ4v) is 4.24. The Morgan fingerprint density at radius 1 is 1.33 bits per heavy atom. The summed E-state index contributed by atoms with van der Waals surface area (Å²) in [6, 6.07) is 5.96. The molecule has 0 radical (unpaired) electrons. The highest BCUT2D eigenvalue weighted by molar-refractivity contribution is 5.98. The van der Waals surface area contributed by atoms with Crippen LogP contribution in [-0.4, -0.2) is 76.3 Å². The Morgan fingerprint density at radius 3 is 2.91 bits per heavy atom. The van der Waals surface area contributed by atoms with Crippen LogP contribution in [0, 0.1) is 6.92 Å². The van der Waals surface area contributed by atoms with Crippen molar-refractivity contribution in [2.75, 3.05) is 46.6 Å². The minimum atomic E-state index is 0.00263. The number of nitrogens with two attached hydrogens (primary N) is 1. The number of amides is 1. The van der Waals surface area contributed by atoms with Crippen molar-refractivity contribution in [1.82, 2.24) is 29.5 Å². The number of likely N-dealkylation sites (N-methyl/N-ethyl adjacent to an activating group) is 1. The quantitative estimate of drug-likeness (QED) is 0.577. The molecule has 3 heterocycles. The zero-order chi connectivity index (χ0) is 23.5.